The van der Waals surface area contributed by atoms with Gasteiger partial charge in [0.2, 0.25) is 0 Å². The van der Waals surface area contributed by atoms with Gasteiger partial charge in [0, 0.05) is 0 Å². The fourth-order valence-corrected chi connectivity index (χ4v) is 3.11. The zero-order valence-corrected chi connectivity index (χ0v) is 14.2. The maximum Gasteiger partial charge on any atom is 1.00 e. The Morgan fingerprint density at radius 2 is 1.74 bits per heavy atom. The fourth-order valence-electron chi connectivity index (χ4n) is 2.18. The first-order chi connectivity index (χ1) is 8.39. The number of hydrogen-bond donors (Lipinski definition) is 0. The van der Waals surface area contributed by atoms with Crippen molar-refractivity contribution >= 4 is 20.9 Å². The molecule has 0 spiro atoms. The second-order valence-electron chi connectivity index (χ2n) is 4.83. The average Bonchev–Trinajstić information content (AvgIpc) is 2.26. The molecule has 96 valence electrons. The molecule has 19 heavy (non-hydrogen) atoms. The summed E-state index contributed by atoms with van der Waals surface area (Å²) in [6, 6.07) is 10.7. The minimum absolute atomic E-state index is 0. The predicted octanol–water partition coefficient (Wildman–Crippen LogP) is -0.0536. The van der Waals surface area contributed by atoms with E-state index in [9.17, 15) is 13.0 Å². The van der Waals surface area contributed by atoms with E-state index in [-0.39, 0.29) is 34.5 Å². The second-order valence-corrected chi connectivity index (χ2v) is 6.14. The second kappa shape index (κ2) is 6.37. The van der Waals surface area contributed by atoms with E-state index in [1.165, 1.54) is 0 Å². The van der Waals surface area contributed by atoms with Crippen molar-refractivity contribution in [2.45, 2.75) is 25.2 Å². The first kappa shape index (κ1) is 16.7. The van der Waals surface area contributed by atoms with E-state index in [4.69, 9.17) is 0 Å². The maximum atomic E-state index is 11.5. The van der Waals surface area contributed by atoms with E-state index in [1.807, 2.05) is 32.0 Å². The zero-order valence-electron chi connectivity index (χ0n) is 11.4. The van der Waals surface area contributed by atoms with Gasteiger partial charge >= 0.3 is 29.6 Å². The molecule has 0 radical (unpaired) electrons. The fraction of sp³-hybridized carbons (Fsp3) is 0.286. The van der Waals surface area contributed by atoms with Crippen LogP contribution in [0.2, 0.25) is 0 Å². The molecule has 0 saturated heterocycles. The van der Waals surface area contributed by atoms with E-state index in [1.54, 1.807) is 18.2 Å². The van der Waals surface area contributed by atoms with Gasteiger partial charge < -0.3 is 4.55 Å². The monoisotopic (exact) mass is 286 g/mol. The van der Waals surface area contributed by atoms with Crippen molar-refractivity contribution in [2.75, 3.05) is 0 Å². The van der Waals surface area contributed by atoms with Gasteiger partial charge in [0.15, 0.2) is 0 Å². The molecule has 0 atom stereocenters. The summed E-state index contributed by atoms with van der Waals surface area (Å²) < 4.78 is 34.5. The maximum absolute atomic E-state index is 11.5. The molecule has 0 amide bonds. The van der Waals surface area contributed by atoms with Crippen LogP contribution < -0.4 is 29.6 Å². The summed E-state index contributed by atoms with van der Waals surface area (Å²) >= 11 is 0. The van der Waals surface area contributed by atoms with Gasteiger partial charge in [0.1, 0.15) is 10.1 Å². The summed E-state index contributed by atoms with van der Waals surface area (Å²) in [5.74, 6) is 0.298. The molecule has 2 aromatic rings. The minimum Gasteiger partial charge on any atom is -0.744 e. The van der Waals surface area contributed by atoms with Gasteiger partial charge in [-0.1, -0.05) is 50.2 Å². The van der Waals surface area contributed by atoms with Crippen molar-refractivity contribution in [3.05, 3.63) is 42.0 Å². The predicted molar refractivity (Wildman–Crippen MR) is 70.5 cm³/mol. The molecule has 5 heteroatoms. The van der Waals surface area contributed by atoms with Gasteiger partial charge in [-0.05, 0) is 28.7 Å². The summed E-state index contributed by atoms with van der Waals surface area (Å²) in [5.41, 5.74) is 0.610. The Bertz CT molecular complexity index is 678. The molecule has 0 aliphatic heterocycles. The van der Waals surface area contributed by atoms with E-state index < -0.39 is 10.1 Å². The smallest absolute Gasteiger partial charge is 0.744 e. The molecule has 0 aromatic heterocycles. The first-order valence-corrected chi connectivity index (χ1v) is 7.27. The van der Waals surface area contributed by atoms with Gasteiger partial charge in [0.05, 0.1) is 4.90 Å². The van der Waals surface area contributed by atoms with Crippen LogP contribution in [0.1, 0.15) is 19.4 Å². The Morgan fingerprint density at radius 1 is 1.11 bits per heavy atom. The normalized spacial score (nSPS) is 11.6. The van der Waals surface area contributed by atoms with Crippen LogP contribution in [0.5, 0.6) is 0 Å². The zero-order chi connectivity index (χ0) is 13.3. The van der Waals surface area contributed by atoms with E-state index in [0.717, 1.165) is 5.39 Å². The Kier molecular flexibility index (Phi) is 5.59. The van der Waals surface area contributed by atoms with Crippen LogP contribution in [0.15, 0.2) is 41.3 Å². The standard InChI is InChI=1S/C14H16O3S.Na/c1-10(2)9-12-8-7-11-5-3-4-6-13(11)14(12)18(15,16)17;/h3-8,10H,9H2,1-2H3,(H,15,16,17);/q;+1/p-1. The molecular weight excluding hydrogens is 271 g/mol. The summed E-state index contributed by atoms with van der Waals surface area (Å²) in [4.78, 5) is -0.0608. The summed E-state index contributed by atoms with van der Waals surface area (Å²) in [6.07, 6.45) is 0.585. The first-order valence-electron chi connectivity index (χ1n) is 5.86. The van der Waals surface area contributed by atoms with Crippen LogP contribution in [-0.4, -0.2) is 13.0 Å². The molecule has 0 N–H and O–H groups in total. The third kappa shape index (κ3) is 3.80. The van der Waals surface area contributed by atoms with Gasteiger partial charge in [-0.3, -0.25) is 0 Å². The van der Waals surface area contributed by atoms with Crippen molar-refractivity contribution in [1.82, 2.24) is 0 Å². The largest absolute Gasteiger partial charge is 1.00 e. The molecular formula is C14H15NaO3S. The molecule has 0 unspecified atom stereocenters. The van der Waals surface area contributed by atoms with Crippen molar-refractivity contribution in [3.63, 3.8) is 0 Å². The Morgan fingerprint density at radius 3 is 2.32 bits per heavy atom. The Hall–Kier alpha value is -0.390. The third-order valence-corrected chi connectivity index (χ3v) is 3.82. The van der Waals surface area contributed by atoms with Crippen molar-refractivity contribution in [1.29, 1.82) is 0 Å². The van der Waals surface area contributed by atoms with Crippen molar-refractivity contribution in [2.24, 2.45) is 5.92 Å². The third-order valence-electron chi connectivity index (χ3n) is 2.84. The summed E-state index contributed by atoms with van der Waals surface area (Å²) in [7, 11) is -4.46. The average molecular weight is 286 g/mol. The Balaban J connectivity index is 0.00000180. The topological polar surface area (TPSA) is 57.2 Å². The van der Waals surface area contributed by atoms with Crippen LogP contribution in [0, 0.1) is 5.92 Å². The van der Waals surface area contributed by atoms with Crippen LogP contribution in [0.25, 0.3) is 10.8 Å². The summed E-state index contributed by atoms with van der Waals surface area (Å²) in [6.45, 7) is 3.99. The molecule has 0 aliphatic carbocycles. The molecule has 0 aliphatic rings. The number of fused-ring (bicyclic) bond motifs is 1. The number of hydrogen-bond acceptors (Lipinski definition) is 3. The van der Waals surface area contributed by atoms with Crippen molar-refractivity contribution < 1.29 is 42.5 Å². The molecule has 0 bridgehead atoms. The van der Waals surface area contributed by atoms with Crippen LogP contribution in [0.3, 0.4) is 0 Å². The van der Waals surface area contributed by atoms with Gasteiger partial charge in [-0.2, -0.15) is 0 Å². The van der Waals surface area contributed by atoms with E-state index in [2.05, 4.69) is 0 Å². The molecule has 3 nitrogen and oxygen atoms in total. The van der Waals surface area contributed by atoms with E-state index in [0.29, 0.717) is 23.3 Å². The number of rotatable bonds is 3. The van der Waals surface area contributed by atoms with Crippen LogP contribution in [0.4, 0.5) is 0 Å². The van der Waals surface area contributed by atoms with Crippen LogP contribution >= 0.6 is 0 Å². The molecule has 0 saturated carbocycles. The van der Waals surface area contributed by atoms with Gasteiger partial charge in [0.25, 0.3) is 0 Å². The number of benzene rings is 2. The van der Waals surface area contributed by atoms with Crippen molar-refractivity contribution in [3.8, 4) is 0 Å². The molecule has 2 rings (SSSR count). The van der Waals surface area contributed by atoms with Gasteiger partial charge in [-0.25, -0.2) is 8.42 Å². The van der Waals surface area contributed by atoms with E-state index >= 15 is 0 Å². The SMILES string of the molecule is CC(C)Cc1ccc2ccccc2c1S(=O)(=O)[O-].[Na+]. The molecule has 0 fully saturated rings. The van der Waals surface area contributed by atoms with Gasteiger partial charge in [-0.15, -0.1) is 0 Å². The molecule has 0 heterocycles. The quantitative estimate of drug-likeness (QED) is 0.587. The molecule has 2 aromatic carbocycles. The summed E-state index contributed by atoms with van der Waals surface area (Å²) in [5, 5.41) is 1.30. The minimum atomic E-state index is -4.46. The van der Waals surface area contributed by atoms with Crippen LogP contribution in [-0.2, 0) is 16.5 Å². The Labute approximate surface area is 136 Å².